The number of carboxylic acid groups (broad SMARTS) is 1. The van der Waals surface area contributed by atoms with Gasteiger partial charge in [-0.3, -0.25) is 9.78 Å². The van der Waals surface area contributed by atoms with Gasteiger partial charge in [0.05, 0.1) is 0 Å². The van der Waals surface area contributed by atoms with E-state index in [4.69, 9.17) is 5.11 Å². The number of urea groups is 1. The van der Waals surface area contributed by atoms with Crippen molar-refractivity contribution < 1.29 is 14.7 Å². The third-order valence-corrected chi connectivity index (χ3v) is 3.17. The second-order valence-corrected chi connectivity index (χ2v) is 4.74. The molecule has 0 radical (unpaired) electrons. The Morgan fingerprint density at radius 2 is 2.15 bits per heavy atom. The predicted molar refractivity (Wildman–Crippen MR) is 75.2 cm³/mol. The average Bonchev–Trinajstić information content (AvgIpc) is 2.42. The molecule has 0 bridgehead atoms. The van der Waals surface area contributed by atoms with Crippen molar-refractivity contribution in [2.24, 2.45) is 5.92 Å². The monoisotopic (exact) mass is 279 g/mol. The van der Waals surface area contributed by atoms with Crippen LogP contribution in [0.15, 0.2) is 18.5 Å². The van der Waals surface area contributed by atoms with Crippen LogP contribution in [-0.4, -0.2) is 28.6 Å². The van der Waals surface area contributed by atoms with E-state index in [9.17, 15) is 9.59 Å². The van der Waals surface area contributed by atoms with Gasteiger partial charge in [0.2, 0.25) is 0 Å². The number of amides is 2. The van der Waals surface area contributed by atoms with Gasteiger partial charge in [-0.1, -0.05) is 13.3 Å². The Hall–Kier alpha value is -2.11. The van der Waals surface area contributed by atoms with E-state index in [0.717, 1.165) is 17.5 Å². The molecular weight excluding hydrogens is 258 g/mol. The summed E-state index contributed by atoms with van der Waals surface area (Å²) in [7, 11) is 0. The van der Waals surface area contributed by atoms with Crippen LogP contribution in [0.5, 0.6) is 0 Å². The van der Waals surface area contributed by atoms with E-state index < -0.39 is 5.97 Å². The number of hydrogen-bond donors (Lipinski definition) is 3. The topological polar surface area (TPSA) is 91.3 Å². The Kier molecular flexibility index (Phi) is 6.49. The number of carboxylic acids is 1. The maximum absolute atomic E-state index is 11.6. The van der Waals surface area contributed by atoms with Crippen molar-refractivity contribution in [2.75, 3.05) is 6.54 Å². The molecule has 2 amide bonds. The third kappa shape index (κ3) is 5.69. The van der Waals surface area contributed by atoms with Gasteiger partial charge in [0.25, 0.3) is 0 Å². The smallest absolute Gasteiger partial charge is 0.315 e. The molecule has 0 fully saturated rings. The molecular formula is C14H21N3O3. The maximum Gasteiger partial charge on any atom is 0.315 e. The van der Waals surface area contributed by atoms with Gasteiger partial charge in [0, 0.05) is 31.9 Å². The molecule has 1 aromatic rings. The highest BCUT2D eigenvalue weighted by Gasteiger charge is 2.12. The molecule has 0 spiro atoms. The van der Waals surface area contributed by atoms with E-state index in [1.807, 2.05) is 19.9 Å². The lowest BCUT2D eigenvalue weighted by Crippen LogP contribution is -2.38. The first kappa shape index (κ1) is 15.9. The number of rotatable bonds is 7. The van der Waals surface area contributed by atoms with Crippen molar-refractivity contribution in [3.63, 3.8) is 0 Å². The molecule has 1 rings (SSSR count). The van der Waals surface area contributed by atoms with Crippen LogP contribution in [0.2, 0.25) is 0 Å². The lowest BCUT2D eigenvalue weighted by molar-refractivity contribution is -0.138. The molecule has 0 aliphatic carbocycles. The van der Waals surface area contributed by atoms with Crippen molar-refractivity contribution in [2.45, 2.75) is 33.2 Å². The fourth-order valence-corrected chi connectivity index (χ4v) is 1.78. The molecule has 0 aromatic carbocycles. The summed E-state index contributed by atoms with van der Waals surface area (Å²) >= 11 is 0. The molecule has 6 nitrogen and oxygen atoms in total. The van der Waals surface area contributed by atoms with E-state index in [-0.39, 0.29) is 18.4 Å². The molecule has 1 aromatic heterocycles. The third-order valence-electron chi connectivity index (χ3n) is 3.17. The molecule has 110 valence electrons. The number of nitrogens with one attached hydrogen (secondary N) is 2. The Bertz CT molecular complexity index is 463. The molecule has 0 aliphatic rings. The van der Waals surface area contributed by atoms with Gasteiger partial charge in [-0.15, -0.1) is 0 Å². The number of aryl methyl sites for hydroxylation is 1. The van der Waals surface area contributed by atoms with E-state index in [2.05, 4.69) is 15.6 Å². The quantitative estimate of drug-likeness (QED) is 0.708. The molecule has 20 heavy (non-hydrogen) atoms. The van der Waals surface area contributed by atoms with Gasteiger partial charge in [0.1, 0.15) is 0 Å². The van der Waals surface area contributed by atoms with Gasteiger partial charge in [-0.2, -0.15) is 0 Å². The van der Waals surface area contributed by atoms with E-state index in [1.54, 1.807) is 12.4 Å². The molecule has 1 heterocycles. The second-order valence-electron chi connectivity index (χ2n) is 4.74. The minimum atomic E-state index is -0.841. The highest BCUT2D eigenvalue weighted by molar-refractivity contribution is 5.74. The Balaban J connectivity index is 2.33. The first-order chi connectivity index (χ1) is 9.52. The van der Waals surface area contributed by atoms with Crippen molar-refractivity contribution in [3.05, 3.63) is 29.6 Å². The summed E-state index contributed by atoms with van der Waals surface area (Å²) in [4.78, 5) is 26.3. The predicted octanol–water partition coefficient (Wildman–Crippen LogP) is 1.69. The summed E-state index contributed by atoms with van der Waals surface area (Å²) in [6, 6.07) is 1.57. The zero-order valence-corrected chi connectivity index (χ0v) is 11.8. The van der Waals surface area contributed by atoms with E-state index in [1.165, 1.54) is 0 Å². The largest absolute Gasteiger partial charge is 0.481 e. The van der Waals surface area contributed by atoms with Crippen LogP contribution in [0, 0.1) is 12.8 Å². The van der Waals surface area contributed by atoms with Crippen LogP contribution < -0.4 is 10.6 Å². The number of pyridine rings is 1. The second kappa shape index (κ2) is 8.14. The normalized spacial score (nSPS) is 11.7. The Morgan fingerprint density at radius 1 is 1.40 bits per heavy atom. The van der Waals surface area contributed by atoms with Crippen LogP contribution in [0.4, 0.5) is 4.79 Å². The van der Waals surface area contributed by atoms with Crippen molar-refractivity contribution in [3.8, 4) is 0 Å². The van der Waals surface area contributed by atoms with Gasteiger partial charge in [0.15, 0.2) is 0 Å². The van der Waals surface area contributed by atoms with Crippen LogP contribution in [0.1, 0.15) is 30.9 Å². The van der Waals surface area contributed by atoms with Crippen molar-refractivity contribution in [1.29, 1.82) is 0 Å². The molecule has 6 heteroatoms. The summed E-state index contributed by atoms with van der Waals surface area (Å²) in [5, 5.41) is 14.2. The van der Waals surface area contributed by atoms with Crippen LogP contribution in [-0.2, 0) is 11.3 Å². The van der Waals surface area contributed by atoms with Gasteiger partial charge < -0.3 is 15.7 Å². The number of carbonyl (C=O) groups is 2. The van der Waals surface area contributed by atoms with Gasteiger partial charge in [-0.05, 0) is 30.0 Å². The van der Waals surface area contributed by atoms with Crippen LogP contribution >= 0.6 is 0 Å². The van der Waals surface area contributed by atoms with Gasteiger partial charge in [-0.25, -0.2) is 4.79 Å². The zero-order chi connectivity index (χ0) is 15.0. The Morgan fingerprint density at radius 3 is 2.75 bits per heavy atom. The van der Waals surface area contributed by atoms with E-state index >= 15 is 0 Å². The number of carbonyl (C=O) groups excluding carboxylic acids is 1. The summed E-state index contributed by atoms with van der Waals surface area (Å²) in [5.74, 6) is -0.882. The van der Waals surface area contributed by atoms with Crippen molar-refractivity contribution in [1.82, 2.24) is 15.6 Å². The molecule has 1 atom stereocenters. The lowest BCUT2D eigenvalue weighted by Gasteiger charge is -2.14. The van der Waals surface area contributed by atoms with E-state index in [0.29, 0.717) is 13.1 Å². The zero-order valence-electron chi connectivity index (χ0n) is 11.8. The highest BCUT2D eigenvalue weighted by atomic mass is 16.4. The lowest BCUT2D eigenvalue weighted by atomic mass is 10.0. The maximum atomic E-state index is 11.6. The molecule has 0 saturated carbocycles. The minimum absolute atomic E-state index is 0.0408. The number of hydrogen-bond acceptors (Lipinski definition) is 3. The fraction of sp³-hybridized carbons (Fsp3) is 0.500. The van der Waals surface area contributed by atoms with Gasteiger partial charge >= 0.3 is 12.0 Å². The number of nitrogens with zero attached hydrogens (tertiary/aromatic N) is 1. The molecule has 1 unspecified atom stereocenters. The first-order valence-corrected chi connectivity index (χ1v) is 6.66. The SMILES string of the molecule is CCC(CNC(=O)NCc1ccncc1C)CC(=O)O. The standard InChI is InChI=1S/C14H21N3O3/c1-3-11(6-13(18)19)8-16-14(20)17-9-12-4-5-15-7-10(12)2/h4-5,7,11H,3,6,8-9H2,1-2H3,(H,18,19)(H2,16,17,20). The fourth-order valence-electron chi connectivity index (χ4n) is 1.78. The van der Waals surface area contributed by atoms with Crippen LogP contribution in [0.3, 0.4) is 0 Å². The summed E-state index contributed by atoms with van der Waals surface area (Å²) in [5.41, 5.74) is 2.03. The number of aromatic nitrogens is 1. The average molecular weight is 279 g/mol. The summed E-state index contributed by atoms with van der Waals surface area (Å²) < 4.78 is 0. The number of aliphatic carboxylic acids is 1. The Labute approximate surface area is 118 Å². The summed E-state index contributed by atoms with van der Waals surface area (Å²) in [6.45, 7) is 4.63. The molecule has 0 saturated heterocycles. The first-order valence-electron chi connectivity index (χ1n) is 6.66. The summed E-state index contributed by atoms with van der Waals surface area (Å²) in [6.07, 6.45) is 4.22. The van der Waals surface area contributed by atoms with Crippen LogP contribution in [0.25, 0.3) is 0 Å². The minimum Gasteiger partial charge on any atom is -0.481 e. The van der Waals surface area contributed by atoms with Crippen molar-refractivity contribution >= 4 is 12.0 Å². The highest BCUT2D eigenvalue weighted by Crippen LogP contribution is 2.06. The molecule has 0 aliphatic heterocycles. The molecule has 3 N–H and O–H groups in total.